The molecular weight excluding hydrogens is 441 g/mol. The first-order chi connectivity index (χ1) is 14.9. The smallest absolute Gasteiger partial charge is 0.330 e. The lowest BCUT2D eigenvalue weighted by Crippen LogP contribution is -1.98. The van der Waals surface area contributed by atoms with E-state index in [4.69, 9.17) is 32.7 Å². The van der Waals surface area contributed by atoms with E-state index < -0.39 is 10.9 Å². The molecule has 0 N–H and O–H groups in total. The number of carbonyl (C=O) groups excluding carboxylic acids is 1. The Morgan fingerprint density at radius 3 is 2.16 bits per heavy atom. The predicted molar refractivity (Wildman–Crippen MR) is 121 cm³/mol. The number of carbonyl (C=O) groups is 1. The van der Waals surface area contributed by atoms with Crippen molar-refractivity contribution in [3.63, 3.8) is 0 Å². The lowest BCUT2D eigenvalue weighted by Gasteiger charge is -2.12. The van der Waals surface area contributed by atoms with Crippen LogP contribution in [0.5, 0.6) is 11.5 Å². The van der Waals surface area contributed by atoms with E-state index in [0.717, 1.165) is 16.7 Å². The minimum absolute atomic E-state index is 0.0413. The second-order valence-electron chi connectivity index (χ2n) is 6.33. The van der Waals surface area contributed by atoms with Crippen LogP contribution >= 0.6 is 23.2 Å². The van der Waals surface area contributed by atoms with Crippen LogP contribution in [0.4, 0.5) is 5.69 Å². The van der Waals surface area contributed by atoms with Gasteiger partial charge in [-0.1, -0.05) is 47.5 Å². The van der Waals surface area contributed by atoms with Crippen molar-refractivity contribution in [3.05, 3.63) is 92.5 Å². The summed E-state index contributed by atoms with van der Waals surface area (Å²) in [6, 6.07) is 16.5. The minimum atomic E-state index is -0.490. The minimum Gasteiger partial charge on any atom is -0.463 e. The number of rotatable bonds is 7. The summed E-state index contributed by atoms with van der Waals surface area (Å²) in [6.07, 6.45) is 3.04. The van der Waals surface area contributed by atoms with Gasteiger partial charge in [-0.3, -0.25) is 10.1 Å². The number of hydrogen-bond acceptors (Lipinski definition) is 5. The molecule has 158 valence electrons. The molecule has 3 aromatic rings. The number of esters is 1. The molecule has 8 heteroatoms. The zero-order chi connectivity index (χ0) is 22.4. The lowest BCUT2D eigenvalue weighted by atomic mass is 10.0. The molecule has 0 radical (unpaired) electrons. The van der Waals surface area contributed by atoms with Crippen molar-refractivity contribution in [3.8, 4) is 22.6 Å². The highest BCUT2D eigenvalue weighted by Gasteiger charge is 2.13. The third-order valence-electron chi connectivity index (χ3n) is 4.21. The molecule has 3 rings (SSSR count). The van der Waals surface area contributed by atoms with Crippen LogP contribution in [0, 0.1) is 10.1 Å². The van der Waals surface area contributed by atoms with E-state index in [2.05, 4.69) is 0 Å². The summed E-state index contributed by atoms with van der Waals surface area (Å²) in [5, 5.41) is 11.4. The molecule has 0 aliphatic carbocycles. The average Bonchev–Trinajstić information content (AvgIpc) is 2.75. The molecule has 0 saturated carbocycles. The number of non-ortho nitro benzene ring substituents is 1. The van der Waals surface area contributed by atoms with E-state index in [1.54, 1.807) is 25.1 Å². The Hall–Kier alpha value is -3.35. The third kappa shape index (κ3) is 5.84. The second-order valence-corrected chi connectivity index (χ2v) is 7.14. The fourth-order valence-electron chi connectivity index (χ4n) is 2.72. The molecular formula is C23H17Cl2NO5. The van der Waals surface area contributed by atoms with E-state index in [1.807, 2.05) is 24.3 Å². The van der Waals surface area contributed by atoms with Gasteiger partial charge in [0.25, 0.3) is 5.69 Å². The maximum absolute atomic E-state index is 11.4. The van der Waals surface area contributed by atoms with Gasteiger partial charge in [0.05, 0.1) is 21.6 Å². The number of nitro groups is 1. The zero-order valence-electron chi connectivity index (χ0n) is 16.4. The van der Waals surface area contributed by atoms with Crippen LogP contribution in [0.3, 0.4) is 0 Å². The van der Waals surface area contributed by atoms with Crippen molar-refractivity contribution in [2.75, 3.05) is 6.61 Å². The van der Waals surface area contributed by atoms with Gasteiger partial charge >= 0.3 is 5.97 Å². The average molecular weight is 458 g/mol. The number of ether oxygens (including phenoxy) is 2. The standard InChI is InChI=1S/C23H17Cl2NO5/c1-2-30-22(27)12-5-15-3-6-16(7-4-15)17-13-20(24)23(21(25)14-17)31-19-10-8-18(9-11-19)26(28)29/h3-14H,2H2,1H3. The normalized spacial score (nSPS) is 10.8. The van der Waals surface area contributed by atoms with Gasteiger partial charge in [-0.05, 0) is 54.0 Å². The van der Waals surface area contributed by atoms with Gasteiger partial charge in [0.15, 0.2) is 5.75 Å². The van der Waals surface area contributed by atoms with Crippen LogP contribution in [0.1, 0.15) is 12.5 Å². The molecule has 0 aliphatic heterocycles. The molecule has 0 bridgehead atoms. The second kappa shape index (κ2) is 10.1. The van der Waals surface area contributed by atoms with E-state index in [1.165, 1.54) is 30.3 Å². The van der Waals surface area contributed by atoms with Crippen molar-refractivity contribution in [1.29, 1.82) is 0 Å². The summed E-state index contributed by atoms with van der Waals surface area (Å²) in [5.41, 5.74) is 2.46. The van der Waals surface area contributed by atoms with Crippen molar-refractivity contribution >= 4 is 40.9 Å². The summed E-state index contributed by atoms with van der Waals surface area (Å²) in [7, 11) is 0. The van der Waals surface area contributed by atoms with Crippen LogP contribution in [-0.4, -0.2) is 17.5 Å². The topological polar surface area (TPSA) is 78.7 Å². The Morgan fingerprint density at radius 2 is 1.61 bits per heavy atom. The maximum atomic E-state index is 11.4. The van der Waals surface area contributed by atoms with E-state index >= 15 is 0 Å². The van der Waals surface area contributed by atoms with Gasteiger partial charge in [-0.25, -0.2) is 4.79 Å². The highest BCUT2D eigenvalue weighted by molar-refractivity contribution is 6.37. The highest BCUT2D eigenvalue weighted by Crippen LogP contribution is 2.40. The first-order valence-corrected chi connectivity index (χ1v) is 9.99. The first-order valence-electron chi connectivity index (χ1n) is 9.24. The van der Waals surface area contributed by atoms with Crippen molar-refractivity contribution in [2.45, 2.75) is 6.92 Å². The van der Waals surface area contributed by atoms with Gasteiger partial charge in [0.2, 0.25) is 0 Å². The molecule has 0 spiro atoms. The molecule has 0 heterocycles. The van der Waals surface area contributed by atoms with Crippen molar-refractivity contribution < 1.29 is 19.2 Å². The molecule has 3 aromatic carbocycles. The van der Waals surface area contributed by atoms with Crippen molar-refractivity contribution in [1.82, 2.24) is 0 Å². The molecule has 31 heavy (non-hydrogen) atoms. The molecule has 0 fully saturated rings. The number of halogens is 2. The molecule has 0 unspecified atom stereocenters. The first kappa shape index (κ1) is 22.3. The Kier molecular flexibility index (Phi) is 7.28. The summed E-state index contributed by atoms with van der Waals surface area (Å²) in [6.45, 7) is 2.08. The summed E-state index contributed by atoms with van der Waals surface area (Å²) < 4.78 is 10.6. The largest absolute Gasteiger partial charge is 0.463 e. The van der Waals surface area contributed by atoms with Crippen LogP contribution in [0.15, 0.2) is 66.7 Å². The zero-order valence-corrected chi connectivity index (χ0v) is 17.9. The number of nitro benzene ring substituents is 1. The molecule has 0 amide bonds. The van der Waals surface area contributed by atoms with Gasteiger partial charge in [-0.2, -0.15) is 0 Å². The van der Waals surface area contributed by atoms with Gasteiger partial charge in [-0.15, -0.1) is 0 Å². The lowest BCUT2D eigenvalue weighted by molar-refractivity contribution is -0.384. The monoisotopic (exact) mass is 457 g/mol. The molecule has 0 atom stereocenters. The number of hydrogen-bond donors (Lipinski definition) is 0. The van der Waals surface area contributed by atoms with Gasteiger partial charge in [0, 0.05) is 18.2 Å². The van der Waals surface area contributed by atoms with Crippen molar-refractivity contribution in [2.24, 2.45) is 0 Å². The molecule has 6 nitrogen and oxygen atoms in total. The Labute approximate surface area is 188 Å². The Morgan fingerprint density at radius 1 is 1.00 bits per heavy atom. The van der Waals surface area contributed by atoms with E-state index in [0.29, 0.717) is 22.4 Å². The van der Waals surface area contributed by atoms with E-state index in [9.17, 15) is 14.9 Å². The van der Waals surface area contributed by atoms with Gasteiger partial charge < -0.3 is 9.47 Å². The fourth-order valence-corrected chi connectivity index (χ4v) is 3.28. The number of nitrogens with zero attached hydrogens (tertiary/aromatic N) is 1. The van der Waals surface area contributed by atoms with Crippen LogP contribution in [0.2, 0.25) is 10.0 Å². The van der Waals surface area contributed by atoms with Crippen LogP contribution in [0.25, 0.3) is 17.2 Å². The summed E-state index contributed by atoms with van der Waals surface area (Å²) in [4.78, 5) is 21.7. The highest BCUT2D eigenvalue weighted by atomic mass is 35.5. The van der Waals surface area contributed by atoms with Gasteiger partial charge in [0.1, 0.15) is 5.75 Å². The quantitative estimate of drug-likeness (QED) is 0.166. The van der Waals surface area contributed by atoms with Crippen LogP contribution in [-0.2, 0) is 9.53 Å². The SMILES string of the molecule is CCOC(=O)C=Cc1ccc(-c2cc(Cl)c(Oc3ccc([N+](=O)[O-])cc3)c(Cl)c2)cc1. The maximum Gasteiger partial charge on any atom is 0.330 e. The molecule has 0 saturated heterocycles. The summed E-state index contributed by atoms with van der Waals surface area (Å²) in [5.74, 6) is 0.239. The number of benzene rings is 3. The third-order valence-corrected chi connectivity index (χ3v) is 4.77. The Bertz CT molecular complexity index is 1100. The van der Waals surface area contributed by atoms with Crippen LogP contribution < -0.4 is 4.74 Å². The van der Waals surface area contributed by atoms with E-state index in [-0.39, 0.29) is 11.4 Å². The Balaban J connectivity index is 1.78. The fraction of sp³-hybridized carbons (Fsp3) is 0.0870. The molecule has 0 aliphatic rings. The molecule has 0 aromatic heterocycles. The summed E-state index contributed by atoms with van der Waals surface area (Å²) >= 11 is 12.8. The predicted octanol–water partition coefficient (Wildman–Crippen LogP) is 6.94.